The van der Waals surface area contributed by atoms with Crippen LogP contribution in [-0.4, -0.2) is 37.9 Å². The van der Waals surface area contributed by atoms with Gasteiger partial charge in [0, 0.05) is 24.9 Å². The number of aryl methyl sites for hydroxylation is 1. The van der Waals surface area contributed by atoms with E-state index in [1.165, 1.54) is 0 Å². The molecule has 1 aromatic heterocycles. The molecule has 0 aliphatic heterocycles. The van der Waals surface area contributed by atoms with Gasteiger partial charge in [-0.1, -0.05) is 26.8 Å². The van der Waals surface area contributed by atoms with Crippen molar-refractivity contribution < 1.29 is 13.2 Å². The molecule has 6 heteroatoms. The van der Waals surface area contributed by atoms with Crippen LogP contribution in [0.2, 0.25) is 0 Å². The van der Waals surface area contributed by atoms with E-state index in [1.54, 1.807) is 11.0 Å². The van der Waals surface area contributed by atoms with E-state index in [2.05, 4.69) is 4.98 Å². The van der Waals surface area contributed by atoms with Crippen LogP contribution in [0.25, 0.3) is 0 Å². The summed E-state index contributed by atoms with van der Waals surface area (Å²) in [4.78, 5) is 18.4. The first-order valence-corrected chi connectivity index (χ1v) is 8.96. The molecule has 5 nitrogen and oxygen atoms in total. The predicted octanol–water partition coefficient (Wildman–Crippen LogP) is 2.20. The van der Waals surface area contributed by atoms with E-state index >= 15 is 0 Å². The van der Waals surface area contributed by atoms with Crippen molar-refractivity contribution in [3.8, 4) is 0 Å². The molecule has 0 unspecified atom stereocenters. The van der Waals surface area contributed by atoms with Gasteiger partial charge in [0.05, 0.1) is 5.75 Å². The minimum Gasteiger partial charge on any atom is -0.296 e. The lowest BCUT2D eigenvalue weighted by Crippen LogP contribution is -2.39. The van der Waals surface area contributed by atoms with Crippen molar-refractivity contribution in [3.63, 3.8) is 0 Å². The first-order valence-electron chi connectivity index (χ1n) is 6.90. The average molecular weight is 312 g/mol. The van der Waals surface area contributed by atoms with Crippen molar-refractivity contribution in [3.05, 3.63) is 23.9 Å². The van der Waals surface area contributed by atoms with Crippen LogP contribution in [0.3, 0.4) is 0 Å². The maximum atomic E-state index is 12.4. The molecule has 0 bridgehead atoms. The number of nitrogens with zero attached hydrogens (tertiary/aromatic N) is 2. The molecular formula is C15H24N2O3S. The molecule has 1 rings (SSSR count). The monoisotopic (exact) mass is 312 g/mol. The van der Waals surface area contributed by atoms with Gasteiger partial charge in [-0.3, -0.25) is 9.69 Å². The summed E-state index contributed by atoms with van der Waals surface area (Å²) in [5, 5.41) is 0. The topological polar surface area (TPSA) is 67.3 Å². The van der Waals surface area contributed by atoms with Crippen LogP contribution >= 0.6 is 0 Å². The molecule has 0 aromatic carbocycles. The zero-order valence-corrected chi connectivity index (χ0v) is 14.2. The van der Waals surface area contributed by atoms with Gasteiger partial charge in [0.2, 0.25) is 5.91 Å². The number of anilines is 1. The number of hydrogen-bond donors (Lipinski definition) is 0. The highest BCUT2D eigenvalue weighted by atomic mass is 32.2. The standard InChI is InChI=1S/C15H24N2O3S/c1-12-7-6-8-13(16-12)17(11-15(2,3)4)14(18)9-10-21(5,19)20/h6-8H,9-11H2,1-5H3. The second-order valence-corrected chi connectivity index (χ2v) is 8.82. The van der Waals surface area contributed by atoms with Crippen molar-refractivity contribution in [1.82, 2.24) is 4.98 Å². The highest BCUT2D eigenvalue weighted by molar-refractivity contribution is 7.90. The second kappa shape index (κ2) is 6.56. The SMILES string of the molecule is Cc1cccc(N(CC(C)(C)C)C(=O)CCS(C)(=O)=O)n1. The van der Waals surface area contributed by atoms with Gasteiger partial charge >= 0.3 is 0 Å². The van der Waals surface area contributed by atoms with Crippen molar-refractivity contribution in [2.75, 3.05) is 23.5 Å². The molecule has 0 aliphatic carbocycles. The zero-order chi connectivity index (χ0) is 16.3. The van der Waals surface area contributed by atoms with E-state index < -0.39 is 9.84 Å². The van der Waals surface area contributed by atoms with Crippen LogP contribution < -0.4 is 4.90 Å². The van der Waals surface area contributed by atoms with Gasteiger partial charge in [-0.25, -0.2) is 13.4 Å². The molecule has 118 valence electrons. The van der Waals surface area contributed by atoms with Gasteiger partial charge in [-0.05, 0) is 24.5 Å². The second-order valence-electron chi connectivity index (χ2n) is 6.56. The fourth-order valence-corrected chi connectivity index (χ4v) is 2.40. The van der Waals surface area contributed by atoms with Gasteiger partial charge < -0.3 is 0 Å². The summed E-state index contributed by atoms with van der Waals surface area (Å²) < 4.78 is 22.5. The van der Waals surface area contributed by atoms with E-state index in [4.69, 9.17) is 0 Å². The van der Waals surface area contributed by atoms with Crippen molar-refractivity contribution in [2.24, 2.45) is 5.41 Å². The molecule has 0 fully saturated rings. The number of carbonyl (C=O) groups excluding carboxylic acids is 1. The summed E-state index contributed by atoms with van der Waals surface area (Å²) in [5.41, 5.74) is 0.717. The lowest BCUT2D eigenvalue weighted by Gasteiger charge is -2.29. The normalized spacial score (nSPS) is 12.2. The van der Waals surface area contributed by atoms with E-state index in [0.717, 1.165) is 11.9 Å². The Balaban J connectivity index is 3.00. The number of hydrogen-bond acceptors (Lipinski definition) is 4. The fraction of sp³-hybridized carbons (Fsp3) is 0.600. The first kappa shape index (κ1) is 17.6. The van der Waals surface area contributed by atoms with Crippen LogP contribution in [-0.2, 0) is 14.6 Å². The highest BCUT2D eigenvalue weighted by Crippen LogP contribution is 2.21. The Hall–Kier alpha value is -1.43. The molecule has 0 N–H and O–H groups in total. The number of sulfone groups is 1. The van der Waals surface area contributed by atoms with Gasteiger partial charge in [-0.2, -0.15) is 0 Å². The minimum atomic E-state index is -3.15. The summed E-state index contributed by atoms with van der Waals surface area (Å²) in [6.45, 7) is 8.44. The lowest BCUT2D eigenvalue weighted by atomic mass is 9.96. The minimum absolute atomic E-state index is 0.0233. The average Bonchev–Trinajstić information content (AvgIpc) is 2.31. The van der Waals surface area contributed by atoms with E-state index in [-0.39, 0.29) is 23.5 Å². The molecule has 0 saturated heterocycles. The Morgan fingerprint density at radius 3 is 2.38 bits per heavy atom. The predicted molar refractivity (Wildman–Crippen MR) is 85.1 cm³/mol. The Morgan fingerprint density at radius 2 is 1.90 bits per heavy atom. The maximum Gasteiger partial charge on any atom is 0.229 e. The van der Waals surface area contributed by atoms with Crippen LogP contribution in [0.4, 0.5) is 5.82 Å². The zero-order valence-electron chi connectivity index (χ0n) is 13.4. The van der Waals surface area contributed by atoms with Gasteiger partial charge in [-0.15, -0.1) is 0 Å². The summed E-state index contributed by atoms with van der Waals surface area (Å²) in [5.74, 6) is 0.218. The first-order chi connectivity index (χ1) is 9.48. The smallest absolute Gasteiger partial charge is 0.229 e. The van der Waals surface area contributed by atoms with E-state index in [9.17, 15) is 13.2 Å². The summed E-state index contributed by atoms with van der Waals surface area (Å²) in [7, 11) is -3.15. The molecule has 0 aliphatic rings. The molecule has 21 heavy (non-hydrogen) atoms. The van der Waals surface area contributed by atoms with Gasteiger partial charge in [0.15, 0.2) is 0 Å². The third-order valence-electron chi connectivity index (χ3n) is 2.77. The van der Waals surface area contributed by atoms with Gasteiger partial charge in [0.25, 0.3) is 0 Å². The Labute approximate surface area is 127 Å². The quantitative estimate of drug-likeness (QED) is 0.836. The number of rotatable bonds is 5. The molecule has 0 spiro atoms. The number of amides is 1. The molecule has 0 saturated carbocycles. The van der Waals surface area contributed by atoms with Gasteiger partial charge in [0.1, 0.15) is 15.7 Å². The largest absolute Gasteiger partial charge is 0.296 e. The molecule has 1 amide bonds. The van der Waals surface area contributed by atoms with Crippen molar-refractivity contribution in [1.29, 1.82) is 0 Å². The molecule has 1 heterocycles. The number of pyridine rings is 1. The molecular weight excluding hydrogens is 288 g/mol. The summed E-state index contributed by atoms with van der Waals surface area (Å²) in [6.07, 6.45) is 1.11. The Kier molecular flexibility index (Phi) is 5.50. The van der Waals surface area contributed by atoms with Crippen LogP contribution in [0.15, 0.2) is 18.2 Å². The Bertz CT molecular complexity index is 604. The summed E-state index contributed by atoms with van der Waals surface area (Å²) >= 11 is 0. The maximum absolute atomic E-state index is 12.4. The van der Waals surface area contributed by atoms with Crippen LogP contribution in [0.1, 0.15) is 32.9 Å². The number of aromatic nitrogens is 1. The Morgan fingerprint density at radius 1 is 1.29 bits per heavy atom. The lowest BCUT2D eigenvalue weighted by molar-refractivity contribution is -0.118. The summed E-state index contributed by atoms with van der Waals surface area (Å²) in [6, 6.07) is 5.48. The van der Waals surface area contributed by atoms with Crippen LogP contribution in [0.5, 0.6) is 0 Å². The third-order valence-corrected chi connectivity index (χ3v) is 3.72. The van der Waals surface area contributed by atoms with E-state index in [0.29, 0.717) is 12.4 Å². The molecule has 1 aromatic rings. The third kappa shape index (κ3) is 6.71. The molecule has 0 radical (unpaired) electrons. The van der Waals surface area contributed by atoms with Crippen LogP contribution in [0, 0.1) is 12.3 Å². The molecule has 0 atom stereocenters. The van der Waals surface area contributed by atoms with E-state index in [1.807, 2.05) is 39.8 Å². The van der Waals surface area contributed by atoms with Crippen molar-refractivity contribution in [2.45, 2.75) is 34.1 Å². The fourth-order valence-electron chi connectivity index (χ4n) is 1.86. The highest BCUT2D eigenvalue weighted by Gasteiger charge is 2.24. The van der Waals surface area contributed by atoms with Crippen molar-refractivity contribution >= 4 is 21.6 Å². The number of carbonyl (C=O) groups is 1.